The molecular weight excluding hydrogens is 340 g/mol. The number of allylic oxidation sites excluding steroid dienone is 3. The van der Waals surface area contributed by atoms with Gasteiger partial charge in [-0.05, 0) is 22.6 Å². The highest BCUT2D eigenvalue weighted by Crippen LogP contribution is 2.55. The maximum atomic E-state index is 9.97. The number of hydrogen-bond acceptors (Lipinski definition) is 5. The summed E-state index contributed by atoms with van der Waals surface area (Å²) in [5.41, 5.74) is 8.18. The van der Waals surface area contributed by atoms with E-state index >= 15 is 0 Å². The second-order valence-corrected chi connectivity index (χ2v) is 8.11. The van der Waals surface area contributed by atoms with Gasteiger partial charge in [-0.1, -0.05) is 44.2 Å². The molecule has 0 bridgehead atoms. The van der Waals surface area contributed by atoms with Gasteiger partial charge in [0.05, 0.1) is 23.4 Å². The first kappa shape index (κ1) is 18.1. The van der Waals surface area contributed by atoms with E-state index in [4.69, 9.17) is 5.73 Å². The zero-order chi connectivity index (χ0) is 18.9. The molecule has 0 unspecified atom stereocenters. The number of nitrogens with zero attached hydrogens (tertiary/aromatic N) is 3. The fourth-order valence-corrected chi connectivity index (χ4v) is 5.01. The number of rotatable bonds is 2. The van der Waals surface area contributed by atoms with Gasteiger partial charge in [0.25, 0.3) is 0 Å². The fourth-order valence-electron chi connectivity index (χ4n) is 3.95. The zero-order valence-corrected chi connectivity index (χ0v) is 15.7. The van der Waals surface area contributed by atoms with E-state index in [9.17, 15) is 15.8 Å². The van der Waals surface area contributed by atoms with Gasteiger partial charge in [0, 0.05) is 23.3 Å². The van der Waals surface area contributed by atoms with Crippen LogP contribution in [0.3, 0.4) is 0 Å². The van der Waals surface area contributed by atoms with E-state index < -0.39 is 5.41 Å². The second-order valence-electron chi connectivity index (χ2n) is 7.03. The monoisotopic (exact) mass is 360 g/mol. The number of hydrogen-bond donors (Lipinski definition) is 1. The summed E-state index contributed by atoms with van der Waals surface area (Å²) in [7, 11) is 0. The highest BCUT2D eigenvalue weighted by Gasteiger charge is 2.53. The fraction of sp³-hybridized carbons (Fsp3) is 0.381. The Labute approximate surface area is 158 Å². The maximum absolute atomic E-state index is 9.97. The van der Waals surface area contributed by atoms with Crippen LogP contribution in [0, 0.1) is 45.3 Å². The van der Waals surface area contributed by atoms with Crippen LogP contribution in [0.1, 0.15) is 36.8 Å². The Balaban J connectivity index is 2.25. The molecule has 2 aliphatic rings. The van der Waals surface area contributed by atoms with Gasteiger partial charge in [0.15, 0.2) is 5.41 Å². The van der Waals surface area contributed by atoms with Crippen molar-refractivity contribution in [1.29, 1.82) is 15.8 Å². The number of fused-ring (bicyclic) bond motifs is 1. The van der Waals surface area contributed by atoms with Gasteiger partial charge in [0.2, 0.25) is 0 Å². The molecule has 4 nitrogen and oxygen atoms in total. The van der Waals surface area contributed by atoms with Crippen molar-refractivity contribution >= 4 is 11.8 Å². The quantitative estimate of drug-likeness (QED) is 0.860. The van der Waals surface area contributed by atoms with E-state index in [0.717, 1.165) is 22.6 Å². The van der Waals surface area contributed by atoms with Crippen LogP contribution in [0.5, 0.6) is 0 Å². The molecular formula is C21H20N4S. The summed E-state index contributed by atoms with van der Waals surface area (Å²) in [4.78, 5) is 0. The van der Waals surface area contributed by atoms with Crippen molar-refractivity contribution in [3.05, 3.63) is 58.3 Å². The first-order valence-electron chi connectivity index (χ1n) is 8.61. The van der Waals surface area contributed by atoms with Crippen LogP contribution < -0.4 is 5.73 Å². The number of thioether (sulfide) groups is 1. The zero-order valence-electron chi connectivity index (χ0n) is 14.9. The molecule has 1 heterocycles. The molecule has 2 atom stereocenters. The topological polar surface area (TPSA) is 97.4 Å². The summed E-state index contributed by atoms with van der Waals surface area (Å²) in [5.74, 6) is 1.54. The lowest BCUT2D eigenvalue weighted by molar-refractivity contribution is 0.368. The highest BCUT2D eigenvalue weighted by molar-refractivity contribution is 7.99. The van der Waals surface area contributed by atoms with Crippen molar-refractivity contribution in [1.82, 2.24) is 0 Å². The van der Waals surface area contributed by atoms with Gasteiger partial charge in [-0.3, -0.25) is 0 Å². The summed E-state index contributed by atoms with van der Waals surface area (Å²) < 4.78 is 0. The summed E-state index contributed by atoms with van der Waals surface area (Å²) in [6.45, 7) is 4.26. The molecule has 2 N–H and O–H groups in total. The molecule has 1 aliphatic carbocycles. The SMILES string of the molecule is CC(C)c1ccc([C@@H]2[C@@H]3CSCC=C3C(C#N)=C(N)C2(C#N)C#N)cc1. The maximum Gasteiger partial charge on any atom is 0.191 e. The van der Waals surface area contributed by atoms with Crippen LogP contribution in [-0.4, -0.2) is 11.5 Å². The average molecular weight is 360 g/mol. The van der Waals surface area contributed by atoms with Gasteiger partial charge < -0.3 is 5.73 Å². The molecule has 5 heteroatoms. The standard InChI is InChI=1S/C21H20N4S/c1-13(2)14-3-5-15(6-4-14)19-18-10-26-8-7-16(18)17(9-22)20(25)21(19,11-23)12-24/h3-7,13,18-19H,8,10,25H2,1-2H3/t18-,19-/m1/s1. The number of benzene rings is 1. The lowest BCUT2D eigenvalue weighted by Gasteiger charge is -2.43. The van der Waals surface area contributed by atoms with Gasteiger partial charge >= 0.3 is 0 Å². The van der Waals surface area contributed by atoms with Crippen LogP contribution in [0.15, 0.2) is 47.2 Å². The smallest absolute Gasteiger partial charge is 0.191 e. The molecule has 130 valence electrons. The minimum absolute atomic E-state index is 0.0695. The van der Waals surface area contributed by atoms with Gasteiger partial charge in [0.1, 0.15) is 6.07 Å². The minimum Gasteiger partial charge on any atom is -0.399 e. The van der Waals surface area contributed by atoms with E-state index in [1.165, 1.54) is 5.56 Å². The lowest BCUT2D eigenvalue weighted by Crippen LogP contribution is -2.43. The van der Waals surface area contributed by atoms with Crippen molar-refractivity contribution in [2.45, 2.75) is 25.7 Å². The lowest BCUT2D eigenvalue weighted by atomic mass is 9.59. The van der Waals surface area contributed by atoms with Crippen LogP contribution >= 0.6 is 11.8 Å². The predicted molar refractivity (Wildman–Crippen MR) is 103 cm³/mol. The minimum atomic E-state index is -1.52. The molecule has 1 aromatic carbocycles. The summed E-state index contributed by atoms with van der Waals surface area (Å²) in [6, 6.07) is 14.6. The normalized spacial score (nSPS) is 24.1. The Morgan fingerprint density at radius 3 is 2.35 bits per heavy atom. The van der Waals surface area contributed by atoms with Gasteiger partial charge in [-0.15, -0.1) is 0 Å². The first-order chi connectivity index (χ1) is 12.5. The molecule has 26 heavy (non-hydrogen) atoms. The summed E-state index contributed by atoms with van der Waals surface area (Å²) >= 11 is 1.75. The van der Waals surface area contributed by atoms with Crippen LogP contribution in [-0.2, 0) is 0 Å². The molecule has 3 rings (SSSR count). The second kappa shape index (κ2) is 6.91. The Hall–Kier alpha value is -2.68. The molecule has 0 spiro atoms. The Kier molecular flexibility index (Phi) is 4.82. The van der Waals surface area contributed by atoms with Crippen molar-refractivity contribution in [2.24, 2.45) is 17.1 Å². The Morgan fingerprint density at radius 1 is 1.15 bits per heavy atom. The third-order valence-corrected chi connectivity index (χ3v) is 6.39. The van der Waals surface area contributed by atoms with E-state index in [0.29, 0.717) is 11.5 Å². The molecule has 0 saturated heterocycles. The van der Waals surface area contributed by atoms with Crippen LogP contribution in [0.25, 0.3) is 0 Å². The molecule has 1 aromatic rings. The average Bonchev–Trinajstić information content (AvgIpc) is 2.67. The van der Waals surface area contributed by atoms with Crippen molar-refractivity contribution in [3.63, 3.8) is 0 Å². The third kappa shape index (κ3) is 2.59. The van der Waals surface area contributed by atoms with E-state index in [-0.39, 0.29) is 17.5 Å². The first-order valence-corrected chi connectivity index (χ1v) is 9.76. The summed E-state index contributed by atoms with van der Waals surface area (Å²) in [5, 5.41) is 29.6. The molecule has 0 aromatic heterocycles. The van der Waals surface area contributed by atoms with Gasteiger partial charge in [-0.25, -0.2) is 0 Å². The number of nitriles is 3. The summed E-state index contributed by atoms with van der Waals surface area (Å²) in [6.07, 6.45) is 2.03. The number of nitrogens with two attached hydrogens (primary N) is 1. The molecule has 0 fully saturated rings. The predicted octanol–water partition coefficient (Wildman–Crippen LogP) is 3.97. The van der Waals surface area contributed by atoms with E-state index in [2.05, 4.69) is 44.2 Å². The molecule has 0 radical (unpaired) electrons. The molecule has 1 aliphatic heterocycles. The van der Waals surface area contributed by atoms with Crippen molar-refractivity contribution in [2.75, 3.05) is 11.5 Å². The van der Waals surface area contributed by atoms with E-state index in [1.54, 1.807) is 11.8 Å². The molecule has 0 saturated carbocycles. The van der Waals surface area contributed by atoms with Crippen molar-refractivity contribution < 1.29 is 0 Å². The van der Waals surface area contributed by atoms with Crippen molar-refractivity contribution in [3.8, 4) is 18.2 Å². The third-order valence-electron chi connectivity index (χ3n) is 5.40. The Bertz CT molecular complexity index is 889. The Morgan fingerprint density at radius 2 is 1.81 bits per heavy atom. The highest BCUT2D eigenvalue weighted by atomic mass is 32.2. The molecule has 0 amide bonds. The van der Waals surface area contributed by atoms with Crippen LogP contribution in [0.2, 0.25) is 0 Å². The van der Waals surface area contributed by atoms with Crippen LogP contribution in [0.4, 0.5) is 0 Å². The van der Waals surface area contributed by atoms with E-state index in [1.807, 2.05) is 18.2 Å². The largest absolute Gasteiger partial charge is 0.399 e. The van der Waals surface area contributed by atoms with Gasteiger partial charge in [-0.2, -0.15) is 27.5 Å².